The van der Waals surface area contributed by atoms with Crippen LogP contribution in [0, 0.1) is 0 Å². The van der Waals surface area contributed by atoms with Crippen molar-refractivity contribution < 1.29 is 9.53 Å². The summed E-state index contributed by atoms with van der Waals surface area (Å²) in [4.78, 5) is 26.1. The molecule has 5 rings (SSSR count). The lowest BCUT2D eigenvalue weighted by molar-refractivity contribution is -0.111. The topological polar surface area (TPSA) is 109 Å². The molecule has 0 saturated carbocycles. The maximum Gasteiger partial charge on any atom is 0.248 e. The lowest BCUT2D eigenvalue weighted by Gasteiger charge is -2.30. The number of anilines is 5. The van der Waals surface area contributed by atoms with Crippen LogP contribution < -0.4 is 21.3 Å². The van der Waals surface area contributed by atoms with Crippen LogP contribution in [0.2, 0.25) is 0 Å². The van der Waals surface area contributed by atoms with Gasteiger partial charge in [0.2, 0.25) is 11.9 Å². The minimum Gasteiger partial charge on any atom is -0.383 e. The Kier molecular flexibility index (Phi) is 8.00. The highest BCUT2D eigenvalue weighted by molar-refractivity contribution is 6.02. The maximum atomic E-state index is 12.4. The highest BCUT2D eigenvalue weighted by atomic mass is 16.5. The van der Waals surface area contributed by atoms with Gasteiger partial charge in [-0.2, -0.15) is 4.98 Å². The number of nitrogens with one attached hydrogen (secondary N) is 2. The second-order valence-corrected chi connectivity index (χ2v) is 9.61. The lowest BCUT2D eigenvalue weighted by atomic mass is 10.0. The Balaban J connectivity index is 1.45. The summed E-state index contributed by atoms with van der Waals surface area (Å²) in [5, 5.41) is 7.10. The molecule has 4 aromatic rings. The van der Waals surface area contributed by atoms with E-state index in [1.165, 1.54) is 0 Å². The average molecular weight is 524 g/mol. The van der Waals surface area contributed by atoms with Crippen molar-refractivity contribution in [1.29, 1.82) is 0 Å². The van der Waals surface area contributed by atoms with Crippen molar-refractivity contribution in [2.75, 3.05) is 68.2 Å². The molecule has 39 heavy (non-hydrogen) atoms. The molecule has 1 aliphatic heterocycles. The predicted octanol–water partition coefficient (Wildman–Crippen LogP) is 4.52. The lowest BCUT2D eigenvalue weighted by Crippen LogP contribution is -2.36. The van der Waals surface area contributed by atoms with Gasteiger partial charge in [0.1, 0.15) is 5.82 Å². The number of morpholine rings is 1. The van der Waals surface area contributed by atoms with Crippen molar-refractivity contribution in [3.63, 3.8) is 0 Å². The Morgan fingerprint density at radius 3 is 2.67 bits per heavy atom. The summed E-state index contributed by atoms with van der Waals surface area (Å²) in [7, 11) is 3.91. The Morgan fingerprint density at radius 1 is 1.05 bits per heavy atom. The Hall–Kier alpha value is -4.47. The first-order valence-corrected chi connectivity index (χ1v) is 13.0. The van der Waals surface area contributed by atoms with Crippen LogP contribution in [0.15, 0.2) is 78.9 Å². The zero-order chi connectivity index (χ0) is 27.2. The third-order valence-electron chi connectivity index (χ3n) is 6.44. The van der Waals surface area contributed by atoms with E-state index in [1.54, 1.807) is 6.08 Å². The van der Waals surface area contributed by atoms with Crippen molar-refractivity contribution in [1.82, 2.24) is 14.9 Å². The normalized spacial score (nSPS) is 13.8. The standard InChI is InChI=1S/C30H33N7O2/c1-36(2)15-7-14-27(38)32-22-9-5-8-21(20-22)23-10-6-11-24-28(23)34-30(35-29(24)31)33-25-12-3-4-13-26(25)37-16-18-39-19-17-37/h3-14,20H,15-19H2,1-2H3,(H,32,38)(H3,31,33,34,35)/b14-7+. The largest absolute Gasteiger partial charge is 0.383 e. The van der Waals surface area contributed by atoms with Crippen molar-refractivity contribution in [2.45, 2.75) is 0 Å². The molecule has 2 heterocycles. The van der Waals surface area contributed by atoms with E-state index in [9.17, 15) is 4.79 Å². The summed E-state index contributed by atoms with van der Waals surface area (Å²) in [5.74, 6) is 0.635. The number of ether oxygens (including phenoxy) is 1. The van der Waals surface area contributed by atoms with Gasteiger partial charge in [-0.3, -0.25) is 4.79 Å². The van der Waals surface area contributed by atoms with Gasteiger partial charge in [-0.05, 0) is 50.0 Å². The van der Waals surface area contributed by atoms with Crippen LogP contribution in [0.25, 0.3) is 22.0 Å². The predicted molar refractivity (Wildman–Crippen MR) is 158 cm³/mol. The first-order chi connectivity index (χ1) is 19.0. The second-order valence-electron chi connectivity index (χ2n) is 9.61. The van der Waals surface area contributed by atoms with E-state index >= 15 is 0 Å². The fourth-order valence-electron chi connectivity index (χ4n) is 4.56. The highest BCUT2D eigenvalue weighted by Gasteiger charge is 2.16. The van der Waals surface area contributed by atoms with Crippen molar-refractivity contribution in [3.8, 4) is 11.1 Å². The number of nitrogens with zero attached hydrogens (tertiary/aromatic N) is 4. The molecular weight excluding hydrogens is 490 g/mol. The van der Waals surface area contributed by atoms with Crippen LogP contribution in [-0.2, 0) is 9.53 Å². The first-order valence-electron chi connectivity index (χ1n) is 13.0. The fraction of sp³-hybridized carbons (Fsp3) is 0.233. The van der Waals surface area contributed by atoms with Gasteiger partial charge in [0, 0.05) is 42.3 Å². The molecule has 0 spiro atoms. The number of carbonyl (C=O) groups excluding carboxylic acids is 1. The Labute approximate surface area is 228 Å². The van der Waals surface area contributed by atoms with E-state index in [-0.39, 0.29) is 5.91 Å². The van der Waals surface area contributed by atoms with Crippen molar-refractivity contribution in [3.05, 3.63) is 78.9 Å². The summed E-state index contributed by atoms with van der Waals surface area (Å²) in [6.45, 7) is 3.73. The number of fused-ring (bicyclic) bond motifs is 1. The molecular formula is C30H33N7O2. The summed E-state index contributed by atoms with van der Waals surface area (Å²) >= 11 is 0. The monoisotopic (exact) mass is 523 g/mol. The van der Waals surface area contributed by atoms with Crippen molar-refractivity contribution in [2.24, 2.45) is 0 Å². The number of amides is 1. The van der Waals surface area contributed by atoms with Crippen LogP contribution >= 0.6 is 0 Å². The number of aromatic nitrogens is 2. The number of para-hydroxylation sites is 3. The molecule has 200 valence electrons. The number of hydrogen-bond donors (Lipinski definition) is 3. The smallest absolute Gasteiger partial charge is 0.248 e. The van der Waals surface area contributed by atoms with E-state index in [4.69, 9.17) is 15.5 Å². The van der Waals surface area contributed by atoms with E-state index in [1.807, 2.05) is 85.7 Å². The molecule has 0 unspecified atom stereocenters. The molecule has 0 atom stereocenters. The molecule has 4 N–H and O–H groups in total. The minimum absolute atomic E-state index is 0.177. The average Bonchev–Trinajstić information content (AvgIpc) is 2.93. The fourth-order valence-corrected chi connectivity index (χ4v) is 4.56. The van der Waals surface area contributed by atoms with E-state index in [2.05, 4.69) is 26.6 Å². The van der Waals surface area contributed by atoms with Crippen LogP contribution in [0.5, 0.6) is 0 Å². The maximum absolute atomic E-state index is 12.4. The second kappa shape index (κ2) is 11.9. The number of nitrogen functional groups attached to an aromatic ring is 1. The number of benzene rings is 3. The van der Waals surface area contributed by atoms with Crippen molar-refractivity contribution >= 4 is 45.6 Å². The molecule has 3 aromatic carbocycles. The van der Waals surface area contributed by atoms with Crippen LogP contribution in [0.4, 0.5) is 28.8 Å². The quantitative estimate of drug-likeness (QED) is 0.290. The Bertz CT molecular complexity index is 1500. The highest BCUT2D eigenvalue weighted by Crippen LogP contribution is 2.33. The molecule has 9 nitrogen and oxygen atoms in total. The van der Waals surface area contributed by atoms with Gasteiger partial charge in [-0.15, -0.1) is 0 Å². The van der Waals surface area contributed by atoms with Crippen LogP contribution in [-0.4, -0.2) is 67.7 Å². The first kappa shape index (κ1) is 26.1. The molecule has 0 radical (unpaired) electrons. The SMILES string of the molecule is CN(C)C/C=C/C(=O)Nc1cccc(-c2cccc3c(N)nc(Nc4ccccc4N4CCOCC4)nc23)c1. The number of rotatable bonds is 8. The molecule has 1 aromatic heterocycles. The van der Waals surface area contributed by atoms with Gasteiger partial charge < -0.3 is 30.9 Å². The third-order valence-corrected chi connectivity index (χ3v) is 6.44. The number of likely N-dealkylation sites (N-methyl/N-ethyl adjacent to an activating group) is 1. The number of carbonyl (C=O) groups is 1. The van der Waals surface area contributed by atoms with Gasteiger partial charge in [-0.1, -0.05) is 42.5 Å². The van der Waals surface area contributed by atoms with Gasteiger partial charge in [0.25, 0.3) is 0 Å². The number of nitrogens with two attached hydrogens (primary N) is 1. The molecule has 1 fully saturated rings. The van der Waals surface area contributed by atoms with Crippen LogP contribution in [0.3, 0.4) is 0 Å². The van der Waals surface area contributed by atoms with E-state index in [0.717, 1.165) is 46.5 Å². The molecule has 0 aliphatic carbocycles. The van der Waals surface area contributed by atoms with Gasteiger partial charge >= 0.3 is 0 Å². The summed E-state index contributed by atoms with van der Waals surface area (Å²) < 4.78 is 5.52. The van der Waals surface area contributed by atoms with Gasteiger partial charge in [0.05, 0.1) is 30.1 Å². The minimum atomic E-state index is -0.177. The van der Waals surface area contributed by atoms with Crippen LogP contribution in [0.1, 0.15) is 0 Å². The van der Waals surface area contributed by atoms with Gasteiger partial charge in [-0.25, -0.2) is 4.98 Å². The Morgan fingerprint density at radius 2 is 1.85 bits per heavy atom. The van der Waals surface area contributed by atoms with E-state index < -0.39 is 0 Å². The van der Waals surface area contributed by atoms with E-state index in [0.29, 0.717) is 37.2 Å². The molecule has 0 bridgehead atoms. The molecule has 1 amide bonds. The molecule has 1 saturated heterocycles. The number of hydrogen-bond acceptors (Lipinski definition) is 8. The molecule has 9 heteroatoms. The summed E-state index contributed by atoms with van der Waals surface area (Å²) in [6.07, 6.45) is 3.38. The summed E-state index contributed by atoms with van der Waals surface area (Å²) in [6, 6.07) is 21.7. The molecule has 1 aliphatic rings. The third kappa shape index (κ3) is 6.34. The zero-order valence-corrected chi connectivity index (χ0v) is 22.2. The zero-order valence-electron chi connectivity index (χ0n) is 22.2. The van der Waals surface area contributed by atoms with Gasteiger partial charge in [0.15, 0.2) is 0 Å². The summed E-state index contributed by atoms with van der Waals surface area (Å²) in [5.41, 5.74) is 11.6.